The molecular weight excluding hydrogens is 436 g/mol. The Morgan fingerprint density at radius 3 is 2.81 bits per heavy atom. The van der Waals surface area contributed by atoms with Gasteiger partial charge in [0.05, 0.1) is 27.7 Å². The first kappa shape index (κ1) is 19.6. The molecule has 2 saturated heterocycles. The monoisotopic (exact) mass is 453 g/mol. The Bertz CT molecular complexity index is 1300. The Balaban J connectivity index is 1.39. The van der Waals surface area contributed by atoms with Gasteiger partial charge in [-0.3, -0.25) is 0 Å². The highest BCUT2D eigenvalue weighted by atomic mass is 35.5. The number of hydrogen-bond acceptors (Lipinski definition) is 7. The summed E-state index contributed by atoms with van der Waals surface area (Å²) in [5, 5.41) is 15.7. The molecule has 32 heavy (non-hydrogen) atoms. The quantitative estimate of drug-likeness (QED) is 0.621. The molecule has 3 fully saturated rings. The summed E-state index contributed by atoms with van der Waals surface area (Å²) in [7, 11) is 0. The predicted molar refractivity (Wildman–Crippen MR) is 116 cm³/mol. The SMILES string of the molecule is N#CC1(c2ccc(Nc3ncnc4cc(F)c(N5C[C@@H]6C[C@H]5CN6)nc34)c(F)c2Cl)CC1. The summed E-state index contributed by atoms with van der Waals surface area (Å²) in [6.45, 7) is 1.48. The van der Waals surface area contributed by atoms with Crippen LogP contribution in [-0.2, 0) is 5.41 Å². The van der Waals surface area contributed by atoms with Crippen LogP contribution in [0.25, 0.3) is 11.0 Å². The first-order chi connectivity index (χ1) is 15.5. The van der Waals surface area contributed by atoms with Crippen molar-refractivity contribution in [1.82, 2.24) is 20.3 Å². The van der Waals surface area contributed by atoms with E-state index in [4.69, 9.17) is 11.6 Å². The van der Waals surface area contributed by atoms with Crippen LogP contribution in [0.1, 0.15) is 24.8 Å². The summed E-state index contributed by atoms with van der Waals surface area (Å²) in [5.74, 6) is -0.604. The van der Waals surface area contributed by atoms with Gasteiger partial charge in [0, 0.05) is 31.2 Å². The number of piperazine rings is 1. The number of anilines is 3. The Morgan fingerprint density at radius 2 is 2.12 bits per heavy atom. The standard InChI is InChI=1S/C22H18ClF2N7/c23-17-13(22(9-26)3-4-22)1-2-15(18(17)25)30-20-19-16(28-10-29-20)6-14(24)21(31-19)32-8-11-5-12(32)7-27-11/h1-2,6,10-12,27H,3-5,7-8H2,(H,28,29,30)/t11-,12-/m0/s1. The van der Waals surface area contributed by atoms with Crippen molar-refractivity contribution in [3.8, 4) is 6.07 Å². The highest BCUT2D eigenvalue weighted by Gasteiger charge is 2.47. The van der Waals surface area contributed by atoms with E-state index in [1.807, 2.05) is 4.90 Å². The van der Waals surface area contributed by atoms with Crippen molar-refractivity contribution in [2.45, 2.75) is 36.8 Å². The van der Waals surface area contributed by atoms with Crippen LogP contribution in [0.15, 0.2) is 24.5 Å². The number of aromatic nitrogens is 3. The molecule has 1 aromatic carbocycles. The zero-order valence-corrected chi connectivity index (χ0v) is 17.6. The highest BCUT2D eigenvalue weighted by molar-refractivity contribution is 6.32. The summed E-state index contributed by atoms with van der Waals surface area (Å²) < 4.78 is 29.9. The van der Waals surface area contributed by atoms with Gasteiger partial charge in [0.25, 0.3) is 0 Å². The molecule has 3 aromatic rings. The second kappa shape index (κ2) is 6.95. The van der Waals surface area contributed by atoms with E-state index in [0.717, 1.165) is 13.0 Å². The number of pyridine rings is 1. The minimum Gasteiger partial charge on any atom is -0.348 e. The summed E-state index contributed by atoms with van der Waals surface area (Å²) >= 11 is 6.28. The van der Waals surface area contributed by atoms with Gasteiger partial charge in [0.15, 0.2) is 23.3 Å². The van der Waals surface area contributed by atoms with Gasteiger partial charge in [-0.05, 0) is 30.9 Å². The average molecular weight is 454 g/mol. The number of halogens is 3. The van der Waals surface area contributed by atoms with Crippen LogP contribution in [0.5, 0.6) is 0 Å². The first-order valence-corrected chi connectivity index (χ1v) is 10.8. The third-order valence-corrected chi connectivity index (χ3v) is 7.06. The Kier molecular flexibility index (Phi) is 4.26. The number of nitrogens with one attached hydrogen (secondary N) is 2. The fourth-order valence-electron chi connectivity index (χ4n) is 4.77. The van der Waals surface area contributed by atoms with E-state index in [1.165, 1.54) is 18.5 Å². The van der Waals surface area contributed by atoms with Crippen LogP contribution in [0.3, 0.4) is 0 Å². The summed E-state index contributed by atoms with van der Waals surface area (Å²) in [4.78, 5) is 14.9. The number of benzene rings is 1. The van der Waals surface area contributed by atoms with E-state index in [2.05, 4.69) is 31.7 Å². The summed E-state index contributed by atoms with van der Waals surface area (Å²) in [5.41, 5.74) is 0.559. The van der Waals surface area contributed by atoms with Gasteiger partial charge >= 0.3 is 0 Å². The molecule has 0 radical (unpaired) electrons. The molecule has 7 nitrogen and oxygen atoms in total. The number of fused-ring (bicyclic) bond motifs is 3. The van der Waals surface area contributed by atoms with Gasteiger partial charge in [-0.25, -0.2) is 23.7 Å². The summed E-state index contributed by atoms with van der Waals surface area (Å²) in [6.07, 6.45) is 3.56. The minimum absolute atomic E-state index is 0.0762. The maximum atomic E-state index is 15.1. The van der Waals surface area contributed by atoms with Crippen molar-refractivity contribution in [1.29, 1.82) is 5.26 Å². The van der Waals surface area contributed by atoms with Gasteiger partial charge in [0.2, 0.25) is 0 Å². The molecule has 2 bridgehead atoms. The Labute approximate surface area is 187 Å². The van der Waals surface area contributed by atoms with Gasteiger partial charge in [0.1, 0.15) is 11.8 Å². The molecule has 1 aliphatic carbocycles. The number of rotatable bonds is 4. The van der Waals surface area contributed by atoms with Crippen LogP contribution in [0, 0.1) is 23.0 Å². The number of hydrogen-bond donors (Lipinski definition) is 2. The number of nitrogens with zero attached hydrogens (tertiary/aromatic N) is 5. The third-order valence-electron chi connectivity index (χ3n) is 6.69. The van der Waals surface area contributed by atoms with E-state index in [9.17, 15) is 9.65 Å². The molecule has 2 N–H and O–H groups in total. The van der Waals surface area contributed by atoms with Gasteiger partial charge < -0.3 is 15.5 Å². The predicted octanol–water partition coefficient (Wildman–Crippen LogP) is 3.81. The smallest absolute Gasteiger partial charge is 0.167 e. The topological polar surface area (TPSA) is 89.8 Å². The zero-order valence-electron chi connectivity index (χ0n) is 16.9. The van der Waals surface area contributed by atoms with Crippen LogP contribution < -0.4 is 15.5 Å². The lowest BCUT2D eigenvalue weighted by Gasteiger charge is -2.28. The second-order valence-electron chi connectivity index (χ2n) is 8.64. The molecule has 6 rings (SSSR count). The molecule has 0 amide bonds. The van der Waals surface area contributed by atoms with Crippen molar-refractivity contribution in [2.75, 3.05) is 23.3 Å². The average Bonchev–Trinajstić information content (AvgIpc) is 3.29. The van der Waals surface area contributed by atoms with E-state index >= 15 is 4.39 Å². The molecule has 0 spiro atoms. The van der Waals surface area contributed by atoms with E-state index in [1.54, 1.807) is 6.07 Å². The van der Waals surface area contributed by atoms with E-state index < -0.39 is 17.0 Å². The molecule has 10 heteroatoms. The van der Waals surface area contributed by atoms with Crippen molar-refractivity contribution in [3.05, 3.63) is 46.7 Å². The molecule has 3 aliphatic rings. The Hall–Kier alpha value is -3.09. The maximum Gasteiger partial charge on any atom is 0.167 e. The summed E-state index contributed by atoms with van der Waals surface area (Å²) in [6, 6.07) is 7.30. The molecule has 2 atom stereocenters. The van der Waals surface area contributed by atoms with E-state index in [-0.39, 0.29) is 28.4 Å². The van der Waals surface area contributed by atoms with Gasteiger partial charge in [-0.15, -0.1) is 0 Å². The molecule has 2 aromatic heterocycles. The van der Waals surface area contributed by atoms with E-state index in [0.29, 0.717) is 42.0 Å². The van der Waals surface area contributed by atoms with Gasteiger partial charge in [-0.1, -0.05) is 17.7 Å². The van der Waals surface area contributed by atoms with Crippen LogP contribution >= 0.6 is 11.6 Å². The highest BCUT2D eigenvalue weighted by Crippen LogP contribution is 2.51. The van der Waals surface area contributed by atoms with Crippen LogP contribution in [-0.4, -0.2) is 40.1 Å². The molecule has 0 unspecified atom stereocenters. The molecule has 162 valence electrons. The first-order valence-electron chi connectivity index (χ1n) is 10.5. The number of nitriles is 1. The molecule has 1 saturated carbocycles. The van der Waals surface area contributed by atoms with Crippen LogP contribution in [0.2, 0.25) is 5.02 Å². The van der Waals surface area contributed by atoms with Gasteiger partial charge in [-0.2, -0.15) is 5.26 Å². The van der Waals surface area contributed by atoms with Crippen molar-refractivity contribution in [2.24, 2.45) is 0 Å². The molecule has 4 heterocycles. The normalized spacial score (nSPS) is 22.9. The lowest BCUT2D eigenvalue weighted by molar-refractivity contribution is 0.555. The fourth-order valence-corrected chi connectivity index (χ4v) is 5.12. The van der Waals surface area contributed by atoms with Crippen molar-refractivity contribution >= 4 is 40.0 Å². The molecule has 2 aliphatic heterocycles. The van der Waals surface area contributed by atoms with Crippen LogP contribution in [0.4, 0.5) is 26.1 Å². The lowest BCUT2D eigenvalue weighted by Crippen LogP contribution is -2.44. The maximum absolute atomic E-state index is 15.1. The Morgan fingerprint density at radius 1 is 1.28 bits per heavy atom. The van der Waals surface area contributed by atoms with Crippen molar-refractivity contribution < 1.29 is 8.78 Å². The largest absolute Gasteiger partial charge is 0.348 e. The lowest BCUT2D eigenvalue weighted by atomic mass is 9.97. The third kappa shape index (κ3) is 2.90. The minimum atomic E-state index is -0.698. The fraction of sp³-hybridized carbons (Fsp3) is 0.364. The second-order valence-corrected chi connectivity index (χ2v) is 9.02. The van der Waals surface area contributed by atoms with Crippen molar-refractivity contribution in [3.63, 3.8) is 0 Å². The molecular formula is C22H18ClF2N7. The zero-order chi connectivity index (χ0) is 22.0.